The third-order valence-electron chi connectivity index (χ3n) is 3.22. The van der Waals surface area contributed by atoms with Crippen LogP contribution >= 0.6 is 11.6 Å². The Bertz CT molecular complexity index is 746. The van der Waals surface area contributed by atoms with Gasteiger partial charge >= 0.3 is 0 Å². The highest BCUT2D eigenvalue weighted by Crippen LogP contribution is 2.23. The van der Waals surface area contributed by atoms with Gasteiger partial charge in [-0.05, 0) is 36.2 Å². The van der Waals surface area contributed by atoms with E-state index in [1.165, 1.54) is 0 Å². The Hall–Kier alpha value is -2.00. The predicted molar refractivity (Wildman–Crippen MR) is 79.4 cm³/mol. The van der Waals surface area contributed by atoms with Gasteiger partial charge in [0.2, 0.25) is 0 Å². The summed E-state index contributed by atoms with van der Waals surface area (Å²) in [5, 5.41) is 6.12. The van der Waals surface area contributed by atoms with Crippen molar-refractivity contribution in [2.75, 3.05) is 5.73 Å². The maximum atomic E-state index is 6.27. The molecule has 0 unspecified atom stereocenters. The Morgan fingerprint density at radius 2 is 2.00 bits per heavy atom. The van der Waals surface area contributed by atoms with Gasteiger partial charge in [-0.15, -0.1) is 0 Å². The maximum absolute atomic E-state index is 6.27. The Labute approximate surface area is 116 Å². The summed E-state index contributed by atoms with van der Waals surface area (Å²) in [6, 6.07) is 14.0. The van der Waals surface area contributed by atoms with Gasteiger partial charge in [0.05, 0.1) is 12.1 Å². The summed E-state index contributed by atoms with van der Waals surface area (Å²) in [5.74, 6) is 0.554. The van der Waals surface area contributed by atoms with Gasteiger partial charge in [0.25, 0.3) is 0 Å². The molecule has 4 heteroatoms. The molecule has 0 aliphatic rings. The van der Waals surface area contributed by atoms with Crippen LogP contribution in [0.5, 0.6) is 0 Å². The molecule has 2 N–H and O–H groups in total. The zero-order valence-electron chi connectivity index (χ0n) is 10.6. The molecular formula is C15H14ClN3. The smallest absolute Gasteiger partial charge is 0.153 e. The van der Waals surface area contributed by atoms with Gasteiger partial charge < -0.3 is 5.73 Å². The number of aryl methyl sites for hydroxylation is 1. The number of nitrogens with two attached hydrogens (primary N) is 1. The number of benzene rings is 2. The molecule has 0 aliphatic carbocycles. The number of fused-ring (bicyclic) bond motifs is 1. The van der Waals surface area contributed by atoms with Gasteiger partial charge in [-0.25, -0.2) is 0 Å². The normalized spacial score (nSPS) is 11.1. The lowest BCUT2D eigenvalue weighted by Gasteiger charge is -2.06. The van der Waals surface area contributed by atoms with Crippen molar-refractivity contribution in [3.8, 4) is 0 Å². The van der Waals surface area contributed by atoms with E-state index in [4.69, 9.17) is 17.3 Å². The molecule has 1 heterocycles. The zero-order valence-corrected chi connectivity index (χ0v) is 11.4. The fourth-order valence-corrected chi connectivity index (χ4v) is 2.51. The number of hydrogen-bond donors (Lipinski definition) is 1. The fourth-order valence-electron chi connectivity index (χ4n) is 2.22. The molecule has 0 fully saturated rings. The molecule has 0 saturated heterocycles. The van der Waals surface area contributed by atoms with E-state index < -0.39 is 0 Å². The SMILES string of the molecule is Cc1ccc(Cn2nc(N)c3ccccc32)c(Cl)c1. The number of rotatable bonds is 2. The summed E-state index contributed by atoms with van der Waals surface area (Å²) in [4.78, 5) is 0. The molecule has 0 atom stereocenters. The molecule has 0 amide bonds. The zero-order chi connectivity index (χ0) is 13.4. The summed E-state index contributed by atoms with van der Waals surface area (Å²) in [6.07, 6.45) is 0. The van der Waals surface area contributed by atoms with Crippen LogP contribution in [0.4, 0.5) is 5.82 Å². The standard InChI is InChI=1S/C15H14ClN3/c1-10-6-7-11(13(16)8-10)9-19-14-5-3-2-4-12(14)15(17)18-19/h2-8H,9H2,1H3,(H2,17,18). The van der Waals surface area contributed by atoms with Crippen molar-refractivity contribution in [2.45, 2.75) is 13.5 Å². The summed E-state index contributed by atoms with van der Waals surface area (Å²) >= 11 is 6.27. The van der Waals surface area contributed by atoms with E-state index >= 15 is 0 Å². The molecule has 0 spiro atoms. The summed E-state index contributed by atoms with van der Waals surface area (Å²) in [6.45, 7) is 2.65. The molecule has 0 saturated carbocycles. The largest absolute Gasteiger partial charge is 0.382 e. The third kappa shape index (κ3) is 2.17. The average Bonchev–Trinajstić information content (AvgIpc) is 2.71. The summed E-state index contributed by atoms with van der Waals surface area (Å²) < 4.78 is 1.89. The second kappa shape index (κ2) is 4.59. The summed E-state index contributed by atoms with van der Waals surface area (Å²) in [5.41, 5.74) is 9.15. The topological polar surface area (TPSA) is 43.8 Å². The van der Waals surface area contributed by atoms with Gasteiger partial charge in [-0.1, -0.05) is 35.9 Å². The Balaban J connectivity index is 2.06. The molecule has 96 valence electrons. The minimum atomic E-state index is 0.554. The van der Waals surface area contributed by atoms with Crippen molar-refractivity contribution >= 4 is 28.3 Å². The third-order valence-corrected chi connectivity index (χ3v) is 3.57. The van der Waals surface area contributed by atoms with Crippen LogP contribution in [-0.2, 0) is 6.54 Å². The van der Waals surface area contributed by atoms with E-state index in [2.05, 4.69) is 11.2 Å². The van der Waals surface area contributed by atoms with E-state index in [9.17, 15) is 0 Å². The van der Waals surface area contributed by atoms with Crippen LogP contribution in [0.2, 0.25) is 5.02 Å². The molecule has 0 aliphatic heterocycles. The van der Waals surface area contributed by atoms with Crippen LogP contribution in [0.3, 0.4) is 0 Å². The predicted octanol–water partition coefficient (Wildman–Crippen LogP) is 3.63. The van der Waals surface area contributed by atoms with Gasteiger partial charge in [0.15, 0.2) is 5.82 Å². The highest BCUT2D eigenvalue weighted by Gasteiger charge is 2.09. The first-order valence-electron chi connectivity index (χ1n) is 6.11. The van der Waals surface area contributed by atoms with Crippen LogP contribution in [-0.4, -0.2) is 9.78 Å². The minimum absolute atomic E-state index is 0.554. The molecule has 3 rings (SSSR count). The van der Waals surface area contributed by atoms with Gasteiger partial charge in [-0.3, -0.25) is 4.68 Å². The number of nitrogen functional groups attached to an aromatic ring is 1. The van der Waals surface area contributed by atoms with E-state index in [-0.39, 0.29) is 0 Å². The molecule has 0 bridgehead atoms. The molecule has 1 aromatic heterocycles. The Morgan fingerprint density at radius 1 is 1.21 bits per heavy atom. The molecule has 0 radical (unpaired) electrons. The van der Waals surface area contributed by atoms with Crippen molar-refractivity contribution in [3.05, 3.63) is 58.6 Å². The number of hydrogen-bond acceptors (Lipinski definition) is 2. The highest BCUT2D eigenvalue weighted by atomic mass is 35.5. The molecular weight excluding hydrogens is 258 g/mol. The van der Waals surface area contributed by atoms with Crippen molar-refractivity contribution in [2.24, 2.45) is 0 Å². The first kappa shape index (κ1) is 12.1. The highest BCUT2D eigenvalue weighted by molar-refractivity contribution is 6.31. The van der Waals surface area contributed by atoms with Crippen molar-refractivity contribution < 1.29 is 0 Å². The van der Waals surface area contributed by atoms with E-state index in [1.54, 1.807) is 0 Å². The van der Waals surface area contributed by atoms with Gasteiger partial charge in [0.1, 0.15) is 0 Å². The van der Waals surface area contributed by atoms with Crippen LogP contribution in [0.15, 0.2) is 42.5 Å². The van der Waals surface area contributed by atoms with Crippen molar-refractivity contribution in [3.63, 3.8) is 0 Å². The van der Waals surface area contributed by atoms with Crippen LogP contribution in [0.1, 0.15) is 11.1 Å². The maximum Gasteiger partial charge on any atom is 0.153 e. The van der Waals surface area contributed by atoms with E-state index in [0.717, 1.165) is 27.1 Å². The fraction of sp³-hybridized carbons (Fsp3) is 0.133. The molecule has 3 aromatic rings. The molecule has 3 nitrogen and oxygen atoms in total. The number of para-hydroxylation sites is 1. The van der Waals surface area contributed by atoms with Crippen LogP contribution < -0.4 is 5.73 Å². The van der Waals surface area contributed by atoms with Crippen molar-refractivity contribution in [1.82, 2.24) is 9.78 Å². The monoisotopic (exact) mass is 271 g/mol. The van der Waals surface area contributed by atoms with Gasteiger partial charge in [-0.2, -0.15) is 5.10 Å². The first-order valence-corrected chi connectivity index (χ1v) is 6.49. The summed E-state index contributed by atoms with van der Waals surface area (Å²) in [7, 11) is 0. The van der Waals surface area contributed by atoms with E-state index in [1.807, 2.05) is 48.0 Å². The number of nitrogens with zero attached hydrogens (tertiary/aromatic N) is 2. The number of anilines is 1. The minimum Gasteiger partial charge on any atom is -0.382 e. The lowest BCUT2D eigenvalue weighted by molar-refractivity contribution is 0.716. The first-order chi connectivity index (χ1) is 9.15. The number of halogens is 1. The lowest BCUT2D eigenvalue weighted by Crippen LogP contribution is -2.03. The quantitative estimate of drug-likeness (QED) is 0.773. The van der Waals surface area contributed by atoms with Crippen molar-refractivity contribution in [1.29, 1.82) is 0 Å². The Kier molecular flexibility index (Phi) is 2.91. The van der Waals surface area contributed by atoms with Gasteiger partial charge in [0, 0.05) is 10.4 Å². The molecule has 2 aromatic carbocycles. The Morgan fingerprint density at radius 3 is 2.79 bits per heavy atom. The molecule has 19 heavy (non-hydrogen) atoms. The van der Waals surface area contributed by atoms with E-state index in [0.29, 0.717) is 12.4 Å². The van der Waals surface area contributed by atoms with Crippen LogP contribution in [0.25, 0.3) is 10.9 Å². The average molecular weight is 272 g/mol. The second-order valence-corrected chi connectivity index (χ2v) is 5.06. The second-order valence-electron chi connectivity index (χ2n) is 4.65. The number of aromatic nitrogens is 2. The van der Waals surface area contributed by atoms with Crippen LogP contribution in [0, 0.1) is 6.92 Å². The lowest BCUT2D eigenvalue weighted by atomic mass is 10.1.